The van der Waals surface area contributed by atoms with Gasteiger partial charge in [0.1, 0.15) is 6.04 Å². The Balaban J connectivity index is 1.99. The molecule has 0 radical (unpaired) electrons. The lowest BCUT2D eigenvalue weighted by molar-refractivity contribution is -0.141. The summed E-state index contributed by atoms with van der Waals surface area (Å²) in [6.45, 7) is 0.229. The number of fused-ring (bicyclic) bond motifs is 2. The quantitative estimate of drug-likeness (QED) is 0.744. The molecule has 2 fully saturated rings. The molecular formula is C13H22N2O4. The Morgan fingerprint density at radius 2 is 1.95 bits per heavy atom. The number of carboxylic acid groups (broad SMARTS) is 1. The van der Waals surface area contributed by atoms with Gasteiger partial charge in [0, 0.05) is 25.6 Å². The molecule has 0 saturated carbocycles. The van der Waals surface area contributed by atoms with Crippen LogP contribution in [0.15, 0.2) is 0 Å². The smallest absolute Gasteiger partial charge is 0.303 e. The number of hydrogen-bond donors (Lipinski definition) is 2. The third-order valence-corrected chi connectivity index (χ3v) is 4.21. The second-order valence-electron chi connectivity index (χ2n) is 5.63. The van der Waals surface area contributed by atoms with Crippen LogP contribution in [-0.4, -0.2) is 53.7 Å². The number of methoxy groups -OCH3 is 1. The van der Waals surface area contributed by atoms with Gasteiger partial charge in [-0.15, -0.1) is 0 Å². The minimum absolute atomic E-state index is 0.0527. The second kappa shape index (κ2) is 5.88. The summed E-state index contributed by atoms with van der Waals surface area (Å²) < 4.78 is 4.93. The van der Waals surface area contributed by atoms with Gasteiger partial charge in [-0.25, -0.2) is 0 Å². The molecule has 6 heteroatoms. The highest BCUT2D eigenvalue weighted by Gasteiger charge is 2.44. The van der Waals surface area contributed by atoms with Gasteiger partial charge in [0.05, 0.1) is 6.61 Å². The zero-order valence-corrected chi connectivity index (χ0v) is 11.2. The number of amides is 1. The van der Waals surface area contributed by atoms with Crippen molar-refractivity contribution in [1.29, 1.82) is 0 Å². The first-order valence-electron chi connectivity index (χ1n) is 6.81. The van der Waals surface area contributed by atoms with Gasteiger partial charge < -0.3 is 20.5 Å². The molecule has 2 aliphatic rings. The molecule has 0 spiro atoms. The lowest BCUT2D eigenvalue weighted by Gasteiger charge is -2.39. The molecule has 2 heterocycles. The van der Waals surface area contributed by atoms with Crippen LogP contribution < -0.4 is 5.73 Å². The maximum atomic E-state index is 12.3. The summed E-state index contributed by atoms with van der Waals surface area (Å²) in [4.78, 5) is 25.0. The highest BCUT2D eigenvalue weighted by atomic mass is 16.5. The third-order valence-electron chi connectivity index (χ3n) is 4.21. The van der Waals surface area contributed by atoms with E-state index in [-0.39, 0.29) is 36.9 Å². The summed E-state index contributed by atoms with van der Waals surface area (Å²) in [6.07, 6.45) is 3.71. The van der Waals surface area contributed by atoms with Gasteiger partial charge in [-0.1, -0.05) is 0 Å². The zero-order chi connectivity index (χ0) is 14.0. The number of hydrogen-bond acceptors (Lipinski definition) is 4. The molecule has 0 aromatic heterocycles. The highest BCUT2D eigenvalue weighted by Crippen LogP contribution is 2.40. The van der Waals surface area contributed by atoms with E-state index in [9.17, 15) is 9.59 Å². The van der Waals surface area contributed by atoms with E-state index in [0.29, 0.717) is 0 Å². The van der Waals surface area contributed by atoms with Crippen molar-refractivity contribution in [2.45, 2.75) is 50.2 Å². The van der Waals surface area contributed by atoms with Crippen LogP contribution >= 0.6 is 0 Å². The largest absolute Gasteiger partial charge is 0.481 e. The zero-order valence-electron chi connectivity index (χ0n) is 11.2. The monoisotopic (exact) mass is 270 g/mol. The fourth-order valence-corrected chi connectivity index (χ4v) is 3.51. The average molecular weight is 270 g/mol. The van der Waals surface area contributed by atoms with E-state index in [1.165, 1.54) is 7.11 Å². The molecule has 3 atom stereocenters. The number of carbonyl (C=O) groups is 2. The number of nitrogens with two attached hydrogens (primary N) is 1. The first-order chi connectivity index (χ1) is 9.02. The summed E-state index contributed by atoms with van der Waals surface area (Å²) >= 11 is 0. The minimum atomic E-state index is -0.750. The molecule has 0 aromatic carbocycles. The predicted molar refractivity (Wildman–Crippen MR) is 68.5 cm³/mol. The van der Waals surface area contributed by atoms with Crippen molar-refractivity contribution < 1.29 is 19.4 Å². The average Bonchev–Trinajstić information content (AvgIpc) is 2.59. The van der Waals surface area contributed by atoms with Crippen molar-refractivity contribution in [3.8, 4) is 0 Å². The number of aliphatic carboxylic acids is 1. The SMILES string of the molecule is COCC(N)C(=O)N1C2CCC1CC(CC(=O)O)C2. The molecular weight excluding hydrogens is 248 g/mol. The Morgan fingerprint density at radius 1 is 1.37 bits per heavy atom. The Bertz CT molecular complexity index is 347. The van der Waals surface area contributed by atoms with Crippen LogP contribution in [0.2, 0.25) is 0 Å². The molecule has 2 saturated heterocycles. The molecule has 6 nitrogen and oxygen atoms in total. The number of ether oxygens (including phenoxy) is 1. The second-order valence-corrected chi connectivity index (χ2v) is 5.63. The van der Waals surface area contributed by atoms with E-state index >= 15 is 0 Å². The molecule has 2 bridgehead atoms. The van der Waals surface area contributed by atoms with Crippen LogP contribution in [0.3, 0.4) is 0 Å². The van der Waals surface area contributed by atoms with E-state index < -0.39 is 12.0 Å². The Hall–Kier alpha value is -1.14. The Morgan fingerprint density at radius 3 is 2.42 bits per heavy atom. The van der Waals surface area contributed by atoms with E-state index in [1.807, 2.05) is 4.90 Å². The van der Waals surface area contributed by atoms with E-state index in [0.717, 1.165) is 25.7 Å². The fraction of sp³-hybridized carbons (Fsp3) is 0.846. The summed E-state index contributed by atoms with van der Waals surface area (Å²) in [5.41, 5.74) is 5.82. The maximum absolute atomic E-state index is 12.3. The molecule has 1 amide bonds. The van der Waals surface area contributed by atoms with Gasteiger partial charge in [0.15, 0.2) is 0 Å². The maximum Gasteiger partial charge on any atom is 0.303 e. The fourth-order valence-electron chi connectivity index (χ4n) is 3.51. The van der Waals surface area contributed by atoms with Gasteiger partial charge >= 0.3 is 5.97 Å². The minimum Gasteiger partial charge on any atom is -0.481 e. The first-order valence-corrected chi connectivity index (χ1v) is 6.81. The van der Waals surface area contributed by atoms with Crippen LogP contribution in [0.4, 0.5) is 0 Å². The lowest BCUT2D eigenvalue weighted by Crippen LogP contribution is -2.54. The van der Waals surface area contributed by atoms with Gasteiger partial charge in [-0.05, 0) is 31.6 Å². The molecule has 108 valence electrons. The van der Waals surface area contributed by atoms with Gasteiger partial charge in [0.25, 0.3) is 0 Å². The summed E-state index contributed by atoms with van der Waals surface area (Å²) in [6, 6.07) is -0.277. The van der Waals surface area contributed by atoms with E-state index in [2.05, 4.69) is 0 Å². The molecule has 2 rings (SSSR count). The van der Waals surface area contributed by atoms with Crippen molar-refractivity contribution in [2.75, 3.05) is 13.7 Å². The van der Waals surface area contributed by atoms with Crippen molar-refractivity contribution in [1.82, 2.24) is 4.90 Å². The standard InChI is InChI=1S/C13H22N2O4/c1-19-7-11(14)13(18)15-9-2-3-10(15)5-8(4-9)6-12(16)17/h8-11H,2-7,14H2,1H3,(H,16,17). The van der Waals surface area contributed by atoms with Crippen LogP contribution in [-0.2, 0) is 14.3 Å². The van der Waals surface area contributed by atoms with Crippen molar-refractivity contribution in [3.05, 3.63) is 0 Å². The number of rotatable bonds is 5. The van der Waals surface area contributed by atoms with E-state index in [1.54, 1.807) is 0 Å². The summed E-state index contributed by atoms with van der Waals surface area (Å²) in [5.74, 6) is -0.610. The molecule has 2 aliphatic heterocycles. The van der Waals surface area contributed by atoms with Crippen LogP contribution in [0.5, 0.6) is 0 Å². The topological polar surface area (TPSA) is 92.9 Å². The van der Waals surface area contributed by atoms with Crippen LogP contribution in [0, 0.1) is 5.92 Å². The van der Waals surface area contributed by atoms with Crippen LogP contribution in [0.1, 0.15) is 32.1 Å². The molecule has 0 aromatic rings. The van der Waals surface area contributed by atoms with Crippen molar-refractivity contribution in [3.63, 3.8) is 0 Å². The van der Waals surface area contributed by atoms with E-state index in [4.69, 9.17) is 15.6 Å². The summed E-state index contributed by atoms with van der Waals surface area (Å²) in [5, 5.41) is 8.87. The van der Waals surface area contributed by atoms with Gasteiger partial charge in [-0.3, -0.25) is 9.59 Å². The number of carboxylic acids is 1. The first kappa shape index (κ1) is 14.3. The number of piperidine rings is 1. The van der Waals surface area contributed by atoms with Crippen LogP contribution in [0.25, 0.3) is 0 Å². The van der Waals surface area contributed by atoms with Crippen molar-refractivity contribution >= 4 is 11.9 Å². The normalized spacial score (nSPS) is 31.3. The predicted octanol–water partition coefficient (Wildman–Crippen LogP) is 0.204. The Labute approximate surface area is 112 Å². The third kappa shape index (κ3) is 3.06. The van der Waals surface area contributed by atoms with Gasteiger partial charge in [-0.2, -0.15) is 0 Å². The summed E-state index contributed by atoms with van der Waals surface area (Å²) in [7, 11) is 1.53. The highest BCUT2D eigenvalue weighted by molar-refractivity contribution is 5.83. The molecule has 3 unspecified atom stereocenters. The molecule has 0 aliphatic carbocycles. The lowest BCUT2D eigenvalue weighted by atomic mass is 9.88. The van der Waals surface area contributed by atoms with Crippen molar-refractivity contribution in [2.24, 2.45) is 11.7 Å². The number of nitrogens with zero attached hydrogens (tertiary/aromatic N) is 1. The number of carbonyl (C=O) groups excluding carboxylic acids is 1. The molecule has 19 heavy (non-hydrogen) atoms. The van der Waals surface area contributed by atoms with Gasteiger partial charge in [0.2, 0.25) is 5.91 Å². The Kier molecular flexibility index (Phi) is 4.42. The molecule has 3 N–H and O–H groups in total.